The summed E-state index contributed by atoms with van der Waals surface area (Å²) < 4.78 is 5.91. The normalized spacial score (nSPS) is 12.4. The van der Waals surface area contributed by atoms with Crippen LogP contribution in [-0.4, -0.2) is 22.2 Å². The van der Waals surface area contributed by atoms with E-state index in [1.807, 2.05) is 62.4 Å². The summed E-state index contributed by atoms with van der Waals surface area (Å²) in [4.78, 5) is 12.7. The Kier molecular flexibility index (Phi) is 6.33. The summed E-state index contributed by atoms with van der Waals surface area (Å²) in [6, 6.07) is 16.0. The van der Waals surface area contributed by atoms with E-state index in [0.29, 0.717) is 17.3 Å². The summed E-state index contributed by atoms with van der Waals surface area (Å²) in [5.74, 6) is 0.455. The SMILES string of the molecule is CC[C@@H](Oc1ccc(C(C)(C)C)cc1)C(=O)Nc1nnc(-c2ccc(C)cc2)s1. The molecule has 0 aliphatic rings. The maximum Gasteiger partial charge on any atom is 0.267 e. The Balaban J connectivity index is 1.65. The van der Waals surface area contributed by atoms with Gasteiger partial charge in [-0.05, 0) is 36.5 Å². The molecule has 1 amide bonds. The predicted molar refractivity (Wildman–Crippen MR) is 119 cm³/mol. The highest BCUT2D eigenvalue weighted by atomic mass is 32.1. The van der Waals surface area contributed by atoms with Crippen molar-refractivity contribution in [3.8, 4) is 16.3 Å². The van der Waals surface area contributed by atoms with Crippen LogP contribution in [0.25, 0.3) is 10.6 Å². The van der Waals surface area contributed by atoms with Crippen LogP contribution in [0.2, 0.25) is 0 Å². The molecular weight excluding hydrogens is 382 g/mol. The lowest BCUT2D eigenvalue weighted by Crippen LogP contribution is -2.32. The van der Waals surface area contributed by atoms with Gasteiger partial charge < -0.3 is 4.74 Å². The van der Waals surface area contributed by atoms with Crippen molar-refractivity contribution in [2.75, 3.05) is 5.32 Å². The van der Waals surface area contributed by atoms with Gasteiger partial charge in [0.05, 0.1) is 0 Å². The number of hydrogen-bond donors (Lipinski definition) is 1. The van der Waals surface area contributed by atoms with Gasteiger partial charge in [0, 0.05) is 5.56 Å². The van der Waals surface area contributed by atoms with Crippen LogP contribution in [0.1, 0.15) is 45.2 Å². The van der Waals surface area contributed by atoms with Crippen molar-refractivity contribution in [1.82, 2.24) is 10.2 Å². The average molecular weight is 410 g/mol. The first-order valence-electron chi connectivity index (χ1n) is 9.75. The summed E-state index contributed by atoms with van der Waals surface area (Å²) in [5, 5.41) is 12.4. The molecule has 0 saturated heterocycles. The molecule has 3 aromatic rings. The number of nitrogens with one attached hydrogen (secondary N) is 1. The molecule has 152 valence electrons. The van der Waals surface area contributed by atoms with Crippen LogP contribution < -0.4 is 10.1 Å². The number of aryl methyl sites for hydroxylation is 1. The fourth-order valence-electron chi connectivity index (χ4n) is 2.79. The number of amides is 1. The van der Waals surface area contributed by atoms with Crippen molar-refractivity contribution in [3.05, 3.63) is 59.7 Å². The van der Waals surface area contributed by atoms with Crippen molar-refractivity contribution >= 4 is 22.4 Å². The van der Waals surface area contributed by atoms with Gasteiger partial charge in [-0.15, -0.1) is 10.2 Å². The van der Waals surface area contributed by atoms with Crippen LogP contribution in [0.5, 0.6) is 5.75 Å². The number of hydrogen-bond acceptors (Lipinski definition) is 5. The maximum absolute atomic E-state index is 12.7. The van der Waals surface area contributed by atoms with Gasteiger partial charge in [-0.1, -0.05) is 81.0 Å². The lowest BCUT2D eigenvalue weighted by molar-refractivity contribution is -0.122. The van der Waals surface area contributed by atoms with E-state index in [2.05, 4.69) is 36.3 Å². The highest BCUT2D eigenvalue weighted by molar-refractivity contribution is 7.18. The zero-order valence-corrected chi connectivity index (χ0v) is 18.3. The smallest absolute Gasteiger partial charge is 0.267 e. The summed E-state index contributed by atoms with van der Waals surface area (Å²) in [6.45, 7) is 10.5. The van der Waals surface area contributed by atoms with Crippen LogP contribution in [0.3, 0.4) is 0 Å². The van der Waals surface area contributed by atoms with E-state index in [9.17, 15) is 4.79 Å². The van der Waals surface area contributed by atoms with Crippen molar-refractivity contribution in [1.29, 1.82) is 0 Å². The Labute approximate surface area is 176 Å². The molecule has 1 aromatic heterocycles. The molecule has 1 heterocycles. The number of rotatable bonds is 6. The van der Waals surface area contributed by atoms with Gasteiger partial charge in [-0.25, -0.2) is 0 Å². The molecule has 2 aromatic carbocycles. The summed E-state index contributed by atoms with van der Waals surface area (Å²) in [7, 11) is 0. The number of nitrogens with zero attached hydrogens (tertiary/aromatic N) is 2. The van der Waals surface area contributed by atoms with Gasteiger partial charge in [0.15, 0.2) is 6.10 Å². The van der Waals surface area contributed by atoms with E-state index >= 15 is 0 Å². The van der Waals surface area contributed by atoms with Crippen LogP contribution in [0, 0.1) is 6.92 Å². The molecule has 6 heteroatoms. The van der Waals surface area contributed by atoms with Crippen molar-refractivity contribution < 1.29 is 9.53 Å². The number of aromatic nitrogens is 2. The van der Waals surface area contributed by atoms with Crippen LogP contribution >= 0.6 is 11.3 Å². The molecule has 0 saturated carbocycles. The van der Waals surface area contributed by atoms with Crippen LogP contribution in [-0.2, 0) is 10.2 Å². The van der Waals surface area contributed by atoms with Gasteiger partial charge in [-0.3, -0.25) is 10.1 Å². The molecular formula is C23H27N3O2S. The number of ether oxygens (including phenoxy) is 1. The average Bonchev–Trinajstić information content (AvgIpc) is 3.14. The van der Waals surface area contributed by atoms with E-state index in [4.69, 9.17) is 4.74 Å². The minimum Gasteiger partial charge on any atom is -0.481 e. The maximum atomic E-state index is 12.7. The van der Waals surface area contributed by atoms with Crippen molar-refractivity contribution in [2.45, 2.75) is 52.6 Å². The molecule has 0 bridgehead atoms. The van der Waals surface area contributed by atoms with Crippen molar-refractivity contribution in [3.63, 3.8) is 0 Å². The quantitative estimate of drug-likeness (QED) is 0.575. The molecule has 5 nitrogen and oxygen atoms in total. The molecule has 0 unspecified atom stereocenters. The third-order valence-electron chi connectivity index (χ3n) is 4.62. The lowest BCUT2D eigenvalue weighted by Gasteiger charge is -2.20. The van der Waals surface area contributed by atoms with E-state index in [1.165, 1.54) is 22.5 Å². The fraction of sp³-hybridized carbons (Fsp3) is 0.348. The Bertz CT molecular complexity index is 957. The first kappa shape index (κ1) is 21.0. The first-order chi connectivity index (χ1) is 13.8. The monoisotopic (exact) mass is 409 g/mol. The summed E-state index contributed by atoms with van der Waals surface area (Å²) in [6.07, 6.45) is -0.0431. The number of anilines is 1. The number of benzene rings is 2. The highest BCUT2D eigenvalue weighted by Crippen LogP contribution is 2.27. The second kappa shape index (κ2) is 8.74. The van der Waals surface area contributed by atoms with Gasteiger partial charge in [-0.2, -0.15) is 0 Å². The molecule has 0 aliphatic carbocycles. The largest absolute Gasteiger partial charge is 0.481 e. The lowest BCUT2D eigenvalue weighted by atomic mass is 9.87. The number of carbonyl (C=O) groups is 1. The van der Waals surface area contributed by atoms with E-state index in [1.54, 1.807) is 0 Å². The third kappa shape index (κ3) is 5.41. The summed E-state index contributed by atoms with van der Waals surface area (Å²) in [5.41, 5.74) is 3.47. The van der Waals surface area contributed by atoms with Crippen LogP contribution in [0.15, 0.2) is 48.5 Å². The molecule has 0 radical (unpaired) electrons. The Morgan fingerprint density at radius 3 is 2.31 bits per heavy atom. The number of carbonyl (C=O) groups excluding carboxylic acids is 1. The molecule has 3 rings (SSSR count). The summed E-state index contributed by atoms with van der Waals surface area (Å²) >= 11 is 1.35. The Morgan fingerprint density at radius 2 is 1.72 bits per heavy atom. The van der Waals surface area contributed by atoms with E-state index in [-0.39, 0.29) is 11.3 Å². The molecule has 0 spiro atoms. The first-order valence-corrected chi connectivity index (χ1v) is 10.6. The molecule has 29 heavy (non-hydrogen) atoms. The minimum atomic E-state index is -0.595. The van der Waals surface area contributed by atoms with E-state index < -0.39 is 6.10 Å². The molecule has 1 atom stereocenters. The highest BCUT2D eigenvalue weighted by Gasteiger charge is 2.21. The molecule has 1 N–H and O–H groups in total. The zero-order valence-electron chi connectivity index (χ0n) is 17.5. The molecule has 0 fully saturated rings. The van der Waals surface area contributed by atoms with Gasteiger partial charge >= 0.3 is 0 Å². The second-order valence-corrected chi connectivity index (χ2v) is 9.03. The fourth-order valence-corrected chi connectivity index (χ4v) is 3.54. The van der Waals surface area contributed by atoms with Crippen molar-refractivity contribution in [2.24, 2.45) is 0 Å². The zero-order chi connectivity index (χ0) is 21.0. The third-order valence-corrected chi connectivity index (χ3v) is 5.50. The standard InChI is InChI=1S/C23H27N3O2S/c1-6-19(28-18-13-11-17(12-14-18)23(3,4)5)20(27)24-22-26-25-21(29-22)16-9-7-15(2)8-10-16/h7-14,19H,6H2,1-5H3,(H,24,26,27)/t19-/m1/s1. The van der Waals surface area contributed by atoms with Crippen LogP contribution in [0.4, 0.5) is 5.13 Å². The van der Waals surface area contributed by atoms with E-state index in [0.717, 1.165) is 10.6 Å². The predicted octanol–water partition coefficient (Wildman–Crippen LogP) is 5.61. The van der Waals surface area contributed by atoms with Gasteiger partial charge in [0.1, 0.15) is 10.8 Å². The Morgan fingerprint density at radius 1 is 1.07 bits per heavy atom. The molecule has 0 aliphatic heterocycles. The Hall–Kier alpha value is -2.73. The van der Waals surface area contributed by atoms with Gasteiger partial charge in [0.25, 0.3) is 5.91 Å². The topological polar surface area (TPSA) is 64.1 Å². The van der Waals surface area contributed by atoms with Gasteiger partial charge in [0.2, 0.25) is 5.13 Å². The second-order valence-electron chi connectivity index (χ2n) is 8.06. The minimum absolute atomic E-state index is 0.0764.